The largest absolute Gasteiger partial charge is 0.382 e. The lowest BCUT2D eigenvalue weighted by molar-refractivity contribution is 0.110. The highest BCUT2D eigenvalue weighted by atomic mass is 16.5. The van der Waals surface area contributed by atoms with Crippen LogP contribution in [0, 0.1) is 0 Å². The fourth-order valence-corrected chi connectivity index (χ4v) is 3.98. The Morgan fingerprint density at radius 3 is 2.87 bits per heavy atom. The van der Waals surface area contributed by atoms with Gasteiger partial charge < -0.3 is 19.9 Å². The lowest BCUT2D eigenvalue weighted by Crippen LogP contribution is -2.22. The third kappa shape index (κ3) is 3.70. The minimum atomic E-state index is 0.0578. The number of nitrogen functional groups attached to an aromatic ring is 1. The Hall–Kier alpha value is -3.52. The molecule has 8 heteroatoms. The fraction of sp³-hybridized carbons (Fsp3) is 0.304. The standard InChI is InChI=1S/C23H24N6O2/c1-3-15-4-6-16(7-5-15)19-10-17(12-30-19)23-27-20(31-28-23)11-29-13-26-21-18(14(29)2)8-9-25-22(21)24/h4-9,13,17,19H,2-3,10-12H2,1H3,(H2,24,25)/t17-,19+/m0/s1. The van der Waals surface area contributed by atoms with E-state index >= 15 is 0 Å². The molecule has 8 nitrogen and oxygen atoms in total. The molecule has 4 heterocycles. The van der Waals surface area contributed by atoms with Crippen LogP contribution in [-0.4, -0.2) is 33.0 Å². The van der Waals surface area contributed by atoms with E-state index in [1.807, 2.05) is 11.0 Å². The summed E-state index contributed by atoms with van der Waals surface area (Å²) in [4.78, 5) is 14.9. The van der Waals surface area contributed by atoms with Gasteiger partial charge in [0.25, 0.3) is 0 Å². The Bertz CT molecular complexity index is 1140. The van der Waals surface area contributed by atoms with Gasteiger partial charge in [0.15, 0.2) is 5.82 Å². The van der Waals surface area contributed by atoms with Crippen LogP contribution in [0.3, 0.4) is 0 Å². The van der Waals surface area contributed by atoms with Crippen LogP contribution in [0.1, 0.15) is 53.8 Å². The first kappa shape index (κ1) is 19.4. The quantitative estimate of drug-likeness (QED) is 0.670. The number of aryl methyl sites for hydroxylation is 1. The minimum Gasteiger partial charge on any atom is -0.382 e. The predicted octanol–water partition coefficient (Wildman–Crippen LogP) is 4.00. The van der Waals surface area contributed by atoms with Crippen molar-refractivity contribution in [3.63, 3.8) is 0 Å². The van der Waals surface area contributed by atoms with Gasteiger partial charge in [-0.1, -0.05) is 42.9 Å². The number of hydrogen-bond acceptors (Lipinski definition) is 8. The molecule has 158 valence electrons. The van der Waals surface area contributed by atoms with E-state index in [2.05, 4.69) is 57.9 Å². The van der Waals surface area contributed by atoms with Gasteiger partial charge in [-0.15, -0.1) is 0 Å². The van der Waals surface area contributed by atoms with Crippen LogP contribution in [0.4, 0.5) is 11.5 Å². The molecule has 2 N–H and O–H groups in total. The number of aromatic nitrogens is 3. The third-order valence-electron chi connectivity index (χ3n) is 5.85. The molecule has 31 heavy (non-hydrogen) atoms. The number of aliphatic imine (C=N–C) groups is 1. The van der Waals surface area contributed by atoms with Gasteiger partial charge in [-0.3, -0.25) is 0 Å². The van der Waals surface area contributed by atoms with E-state index in [1.165, 1.54) is 11.1 Å². The van der Waals surface area contributed by atoms with E-state index in [4.69, 9.17) is 15.0 Å². The van der Waals surface area contributed by atoms with Gasteiger partial charge in [-0.05, 0) is 30.0 Å². The number of rotatable bonds is 5. The molecule has 2 aromatic heterocycles. The van der Waals surface area contributed by atoms with Crippen molar-refractivity contribution in [2.75, 3.05) is 12.3 Å². The average Bonchev–Trinajstić information content (AvgIpc) is 3.46. The maximum Gasteiger partial charge on any atom is 0.246 e. The number of anilines is 1. The van der Waals surface area contributed by atoms with Gasteiger partial charge >= 0.3 is 0 Å². The second-order valence-electron chi connectivity index (χ2n) is 7.81. The molecule has 0 spiro atoms. The van der Waals surface area contributed by atoms with Crippen LogP contribution in [-0.2, 0) is 17.7 Å². The van der Waals surface area contributed by atoms with Gasteiger partial charge in [0.2, 0.25) is 5.89 Å². The molecule has 1 saturated heterocycles. The van der Waals surface area contributed by atoms with E-state index < -0.39 is 0 Å². The SMILES string of the molecule is C=C1c2ccnc(N)c2N=CN1Cc1nc([C@@H]2CO[C@@H](c3ccc(CC)cc3)C2)no1. The number of hydrogen-bond donors (Lipinski definition) is 1. The van der Waals surface area contributed by atoms with Crippen LogP contribution < -0.4 is 5.73 Å². The molecule has 5 rings (SSSR count). The number of ether oxygens (including phenoxy) is 1. The number of fused-ring (bicyclic) bond motifs is 1. The molecule has 3 aromatic rings. The van der Waals surface area contributed by atoms with Gasteiger partial charge in [-0.2, -0.15) is 4.98 Å². The second-order valence-corrected chi connectivity index (χ2v) is 7.81. The normalized spacial score (nSPS) is 20.3. The van der Waals surface area contributed by atoms with E-state index in [0.29, 0.717) is 36.4 Å². The fourth-order valence-electron chi connectivity index (χ4n) is 3.98. The Balaban J connectivity index is 1.25. The number of pyridine rings is 1. The lowest BCUT2D eigenvalue weighted by Gasteiger charge is -2.25. The van der Waals surface area contributed by atoms with E-state index in [9.17, 15) is 0 Å². The molecule has 2 atom stereocenters. The third-order valence-corrected chi connectivity index (χ3v) is 5.85. The van der Waals surface area contributed by atoms with E-state index in [-0.39, 0.29) is 12.0 Å². The molecule has 2 aliphatic heterocycles. The second kappa shape index (κ2) is 7.96. The minimum absolute atomic E-state index is 0.0578. The van der Waals surface area contributed by atoms with Crippen molar-refractivity contribution in [3.8, 4) is 0 Å². The molecule has 0 bridgehead atoms. The number of nitrogens with two attached hydrogens (primary N) is 1. The average molecular weight is 416 g/mol. The first-order chi connectivity index (χ1) is 15.1. The summed E-state index contributed by atoms with van der Waals surface area (Å²) in [5, 5.41) is 4.21. The molecular weight excluding hydrogens is 392 g/mol. The summed E-state index contributed by atoms with van der Waals surface area (Å²) in [5.74, 6) is 1.67. The van der Waals surface area contributed by atoms with Crippen LogP contribution in [0.5, 0.6) is 0 Å². The number of benzene rings is 1. The van der Waals surface area contributed by atoms with Crippen molar-refractivity contribution in [1.29, 1.82) is 0 Å². The summed E-state index contributed by atoms with van der Waals surface area (Å²) in [7, 11) is 0. The summed E-state index contributed by atoms with van der Waals surface area (Å²) < 4.78 is 11.5. The molecule has 2 aliphatic rings. The maximum atomic E-state index is 6.02. The summed E-state index contributed by atoms with van der Waals surface area (Å²) >= 11 is 0. The van der Waals surface area contributed by atoms with Gasteiger partial charge in [0, 0.05) is 23.4 Å². The molecule has 0 saturated carbocycles. The van der Waals surface area contributed by atoms with Crippen LogP contribution in [0.15, 0.2) is 52.6 Å². The Labute approximate surface area is 180 Å². The number of nitrogens with zero attached hydrogens (tertiary/aromatic N) is 5. The summed E-state index contributed by atoms with van der Waals surface area (Å²) in [6, 6.07) is 10.5. The van der Waals surface area contributed by atoms with Crippen LogP contribution in [0.25, 0.3) is 5.70 Å². The van der Waals surface area contributed by atoms with Crippen molar-refractivity contribution in [2.24, 2.45) is 4.99 Å². The molecule has 1 fully saturated rings. The van der Waals surface area contributed by atoms with Crippen molar-refractivity contribution in [1.82, 2.24) is 20.0 Å². The summed E-state index contributed by atoms with van der Waals surface area (Å²) in [5.41, 5.74) is 10.7. The molecular formula is C23H24N6O2. The smallest absolute Gasteiger partial charge is 0.246 e. The topological polar surface area (TPSA) is 103 Å². The zero-order chi connectivity index (χ0) is 21.4. The molecule has 0 unspecified atom stereocenters. The highest BCUT2D eigenvalue weighted by Crippen LogP contribution is 2.38. The van der Waals surface area contributed by atoms with E-state index in [0.717, 1.165) is 24.1 Å². The maximum absolute atomic E-state index is 6.02. The first-order valence-electron chi connectivity index (χ1n) is 10.4. The van der Waals surface area contributed by atoms with Gasteiger partial charge in [0.1, 0.15) is 18.1 Å². The zero-order valence-corrected chi connectivity index (χ0v) is 17.4. The molecule has 0 amide bonds. The van der Waals surface area contributed by atoms with Crippen molar-refractivity contribution in [2.45, 2.75) is 38.3 Å². The van der Waals surface area contributed by atoms with Crippen LogP contribution >= 0.6 is 0 Å². The molecule has 0 aliphatic carbocycles. The van der Waals surface area contributed by atoms with Crippen molar-refractivity contribution < 1.29 is 9.26 Å². The summed E-state index contributed by atoms with van der Waals surface area (Å²) in [6.45, 7) is 7.27. The zero-order valence-electron chi connectivity index (χ0n) is 17.4. The predicted molar refractivity (Wildman–Crippen MR) is 118 cm³/mol. The van der Waals surface area contributed by atoms with Gasteiger partial charge in [-0.25, -0.2) is 9.98 Å². The highest BCUT2D eigenvalue weighted by molar-refractivity contribution is 5.89. The Kier molecular flexibility index (Phi) is 4.99. The highest BCUT2D eigenvalue weighted by Gasteiger charge is 2.31. The lowest BCUT2D eigenvalue weighted by atomic mass is 9.99. The van der Waals surface area contributed by atoms with Crippen molar-refractivity contribution >= 4 is 23.5 Å². The Morgan fingerprint density at radius 2 is 2.06 bits per heavy atom. The van der Waals surface area contributed by atoms with E-state index in [1.54, 1.807) is 12.5 Å². The summed E-state index contributed by atoms with van der Waals surface area (Å²) in [6.07, 6.45) is 5.24. The first-order valence-corrected chi connectivity index (χ1v) is 10.4. The molecule has 0 radical (unpaired) electrons. The van der Waals surface area contributed by atoms with Crippen molar-refractivity contribution in [3.05, 3.63) is 71.5 Å². The monoisotopic (exact) mass is 416 g/mol. The van der Waals surface area contributed by atoms with Crippen LogP contribution in [0.2, 0.25) is 0 Å². The Morgan fingerprint density at radius 1 is 1.23 bits per heavy atom. The molecule has 1 aromatic carbocycles. The van der Waals surface area contributed by atoms with Gasteiger partial charge in [0.05, 0.1) is 19.0 Å².